The second-order valence-electron chi connectivity index (χ2n) is 6.61. The molecule has 0 heterocycles. The molecular weight excluding hydrogens is 494 g/mol. The van der Waals surface area contributed by atoms with Gasteiger partial charge in [0, 0.05) is 21.5 Å². The summed E-state index contributed by atoms with van der Waals surface area (Å²) in [5.74, 6) is 0.120. The summed E-state index contributed by atoms with van der Waals surface area (Å²) in [5, 5.41) is 8.87. The first kappa shape index (κ1) is 24.4. The summed E-state index contributed by atoms with van der Waals surface area (Å²) in [6.45, 7) is 1.74. The van der Waals surface area contributed by atoms with Gasteiger partial charge in [0.15, 0.2) is 0 Å². The van der Waals surface area contributed by atoms with Crippen LogP contribution in [0.15, 0.2) is 69.7 Å². The second-order valence-corrected chi connectivity index (χ2v) is 10.9. The summed E-state index contributed by atoms with van der Waals surface area (Å²) in [5.41, 5.74) is 0.604. The highest BCUT2D eigenvalue weighted by atomic mass is 35.7. The SMILES string of the molecule is CCOC(=O)Oc1ccc(N=Nc2cccc(S(=O)(=O)Cl)c2)c2c(NS(C)(=O)=O)cccc12. The van der Waals surface area contributed by atoms with Gasteiger partial charge in [-0.15, -0.1) is 5.11 Å². The molecule has 0 unspecified atom stereocenters. The first-order chi connectivity index (χ1) is 15.5. The molecule has 0 radical (unpaired) electrons. The summed E-state index contributed by atoms with van der Waals surface area (Å²) in [6.07, 6.45) is 0.0677. The lowest BCUT2D eigenvalue weighted by atomic mass is 10.1. The van der Waals surface area contributed by atoms with E-state index in [1.54, 1.807) is 19.1 Å². The van der Waals surface area contributed by atoms with E-state index in [1.165, 1.54) is 42.5 Å². The van der Waals surface area contributed by atoms with Crippen LogP contribution in [0, 0.1) is 0 Å². The molecule has 0 saturated heterocycles. The van der Waals surface area contributed by atoms with Gasteiger partial charge in [-0.1, -0.05) is 18.2 Å². The second kappa shape index (κ2) is 9.73. The molecule has 0 aliphatic heterocycles. The van der Waals surface area contributed by atoms with Crippen LogP contribution in [-0.4, -0.2) is 35.9 Å². The number of ether oxygens (including phenoxy) is 2. The van der Waals surface area contributed by atoms with Crippen LogP contribution in [0.2, 0.25) is 0 Å². The average molecular weight is 512 g/mol. The molecule has 0 spiro atoms. The van der Waals surface area contributed by atoms with Gasteiger partial charge in [-0.05, 0) is 43.3 Å². The minimum absolute atomic E-state index is 0.112. The van der Waals surface area contributed by atoms with Gasteiger partial charge in [-0.2, -0.15) is 5.11 Å². The van der Waals surface area contributed by atoms with Gasteiger partial charge < -0.3 is 9.47 Å². The molecule has 174 valence electrons. The van der Waals surface area contributed by atoms with Gasteiger partial charge in [0.05, 0.1) is 34.8 Å². The van der Waals surface area contributed by atoms with Crippen LogP contribution in [0.4, 0.5) is 21.9 Å². The molecule has 0 atom stereocenters. The van der Waals surface area contributed by atoms with E-state index in [0.29, 0.717) is 10.8 Å². The van der Waals surface area contributed by atoms with Gasteiger partial charge in [0.2, 0.25) is 10.0 Å². The van der Waals surface area contributed by atoms with Crippen LogP contribution in [0.1, 0.15) is 6.92 Å². The van der Waals surface area contributed by atoms with E-state index in [1.807, 2.05) is 0 Å². The Kier molecular flexibility index (Phi) is 7.20. The smallest absolute Gasteiger partial charge is 0.434 e. The van der Waals surface area contributed by atoms with E-state index >= 15 is 0 Å². The van der Waals surface area contributed by atoms with E-state index in [9.17, 15) is 21.6 Å². The number of azo groups is 1. The zero-order valence-electron chi connectivity index (χ0n) is 17.3. The van der Waals surface area contributed by atoms with Crippen molar-refractivity contribution >= 4 is 63.7 Å². The topological polar surface area (TPSA) is 141 Å². The summed E-state index contributed by atoms with van der Waals surface area (Å²) in [4.78, 5) is 11.7. The Balaban J connectivity index is 2.15. The normalized spacial score (nSPS) is 12.1. The third-order valence-electron chi connectivity index (χ3n) is 4.10. The molecule has 3 rings (SSSR count). The van der Waals surface area contributed by atoms with Crippen LogP contribution in [0.25, 0.3) is 10.8 Å². The van der Waals surface area contributed by atoms with Gasteiger partial charge in [-0.3, -0.25) is 4.72 Å². The number of rotatable bonds is 7. The molecule has 0 fully saturated rings. The van der Waals surface area contributed by atoms with Gasteiger partial charge in [-0.25, -0.2) is 21.6 Å². The lowest BCUT2D eigenvalue weighted by Gasteiger charge is -2.13. The Labute approximate surface area is 194 Å². The number of anilines is 1. The highest BCUT2D eigenvalue weighted by Gasteiger charge is 2.16. The molecule has 0 bridgehead atoms. The largest absolute Gasteiger partial charge is 0.513 e. The van der Waals surface area contributed by atoms with E-state index in [4.69, 9.17) is 20.2 Å². The monoisotopic (exact) mass is 511 g/mol. The van der Waals surface area contributed by atoms with E-state index < -0.39 is 25.2 Å². The molecule has 10 nitrogen and oxygen atoms in total. The van der Waals surface area contributed by atoms with Gasteiger partial charge in [0.1, 0.15) is 5.75 Å². The maximum absolute atomic E-state index is 11.9. The molecule has 1 N–H and O–H groups in total. The highest BCUT2D eigenvalue weighted by Crippen LogP contribution is 2.39. The summed E-state index contributed by atoms with van der Waals surface area (Å²) in [6, 6.07) is 13.1. The molecular formula is C20H18ClN3O7S2. The van der Waals surface area contributed by atoms with Crippen molar-refractivity contribution < 1.29 is 31.1 Å². The zero-order chi connectivity index (χ0) is 24.2. The zero-order valence-corrected chi connectivity index (χ0v) is 19.7. The van der Waals surface area contributed by atoms with E-state index in [0.717, 1.165) is 6.26 Å². The lowest BCUT2D eigenvalue weighted by Crippen LogP contribution is -2.11. The standard InChI is InChI=1S/C20H18ClN3O7S2/c1-3-30-20(25)31-18-11-10-16(19-15(18)8-5-9-17(19)24-32(2,26)27)23-22-13-6-4-7-14(12-13)33(21,28)29/h4-12,24H,3H2,1-2H3. The van der Waals surface area contributed by atoms with Gasteiger partial charge >= 0.3 is 6.16 Å². The first-order valence-electron chi connectivity index (χ1n) is 9.32. The van der Waals surface area contributed by atoms with Crippen molar-refractivity contribution in [2.45, 2.75) is 11.8 Å². The quantitative estimate of drug-likeness (QED) is 0.201. The summed E-state index contributed by atoms with van der Waals surface area (Å²) >= 11 is 0. The minimum atomic E-state index is -3.96. The molecule has 0 saturated carbocycles. The van der Waals surface area contributed by atoms with Crippen molar-refractivity contribution in [3.05, 3.63) is 54.6 Å². The molecule has 0 amide bonds. The van der Waals surface area contributed by atoms with Crippen molar-refractivity contribution in [2.24, 2.45) is 10.2 Å². The average Bonchev–Trinajstić information content (AvgIpc) is 2.72. The maximum atomic E-state index is 11.9. The molecule has 3 aromatic rings. The molecule has 0 aliphatic carbocycles. The predicted octanol–water partition coefficient (Wildman–Crippen LogP) is 5.09. The summed E-state index contributed by atoms with van der Waals surface area (Å²) < 4.78 is 59.3. The van der Waals surface area contributed by atoms with Crippen LogP contribution >= 0.6 is 10.7 Å². The number of carbonyl (C=O) groups excluding carboxylic acids is 1. The first-order valence-corrected chi connectivity index (χ1v) is 13.5. The van der Waals surface area contributed by atoms with E-state index in [2.05, 4.69) is 15.0 Å². The molecule has 33 heavy (non-hydrogen) atoms. The van der Waals surface area contributed by atoms with Crippen molar-refractivity contribution in [3.63, 3.8) is 0 Å². The Morgan fingerprint density at radius 1 is 1.03 bits per heavy atom. The predicted molar refractivity (Wildman–Crippen MR) is 124 cm³/mol. The van der Waals surface area contributed by atoms with Crippen LogP contribution in [0.5, 0.6) is 5.75 Å². The lowest BCUT2D eigenvalue weighted by molar-refractivity contribution is 0.105. The number of hydrogen-bond acceptors (Lipinski definition) is 9. The minimum Gasteiger partial charge on any atom is -0.434 e. The Bertz CT molecular complexity index is 1460. The van der Waals surface area contributed by atoms with Crippen LogP contribution < -0.4 is 9.46 Å². The van der Waals surface area contributed by atoms with E-state index in [-0.39, 0.29) is 34.3 Å². The number of fused-ring (bicyclic) bond motifs is 1. The fourth-order valence-electron chi connectivity index (χ4n) is 2.86. The number of sulfonamides is 1. The van der Waals surface area contributed by atoms with Gasteiger partial charge in [0.25, 0.3) is 9.05 Å². The third kappa shape index (κ3) is 6.40. The van der Waals surface area contributed by atoms with Crippen molar-refractivity contribution in [2.75, 3.05) is 17.6 Å². The fraction of sp³-hybridized carbons (Fsp3) is 0.150. The number of nitrogens with one attached hydrogen (secondary N) is 1. The summed E-state index contributed by atoms with van der Waals surface area (Å²) in [7, 11) is -2.24. The fourth-order valence-corrected chi connectivity index (χ4v) is 4.22. The molecule has 3 aromatic carbocycles. The third-order valence-corrected chi connectivity index (χ3v) is 6.04. The molecule has 0 aromatic heterocycles. The number of halogens is 1. The van der Waals surface area contributed by atoms with Crippen LogP contribution in [-0.2, 0) is 23.8 Å². The Morgan fingerprint density at radius 2 is 1.76 bits per heavy atom. The van der Waals surface area contributed by atoms with Crippen molar-refractivity contribution in [1.82, 2.24) is 0 Å². The maximum Gasteiger partial charge on any atom is 0.513 e. The highest BCUT2D eigenvalue weighted by molar-refractivity contribution is 8.13. The van der Waals surface area contributed by atoms with Crippen molar-refractivity contribution in [3.8, 4) is 5.75 Å². The Hall–Kier alpha value is -3.22. The van der Waals surface area contributed by atoms with Crippen molar-refractivity contribution in [1.29, 1.82) is 0 Å². The molecule has 0 aliphatic rings. The number of carbonyl (C=O) groups is 1. The number of nitrogens with zero attached hydrogens (tertiary/aromatic N) is 2. The number of hydrogen-bond donors (Lipinski definition) is 1. The number of benzene rings is 3. The molecule has 13 heteroatoms. The van der Waals surface area contributed by atoms with Crippen LogP contribution in [0.3, 0.4) is 0 Å². The Morgan fingerprint density at radius 3 is 2.42 bits per heavy atom.